The van der Waals surface area contributed by atoms with Gasteiger partial charge in [-0.3, -0.25) is 0 Å². The van der Waals surface area contributed by atoms with Gasteiger partial charge in [0.25, 0.3) is 0 Å². The van der Waals surface area contributed by atoms with E-state index in [2.05, 4.69) is 4.72 Å². The number of ether oxygens (including phenoxy) is 1. The lowest BCUT2D eigenvalue weighted by atomic mass is 10.1. The van der Waals surface area contributed by atoms with Crippen molar-refractivity contribution in [2.45, 2.75) is 24.8 Å². The Morgan fingerprint density at radius 3 is 2.72 bits per heavy atom. The van der Waals surface area contributed by atoms with Crippen molar-refractivity contribution in [1.29, 1.82) is 5.26 Å². The fraction of sp³-hybridized carbons (Fsp3) is 0.417. The molecule has 0 bridgehead atoms. The molecule has 1 aromatic rings. The number of nitrogens with one attached hydrogen (secondary N) is 1. The first kappa shape index (κ1) is 14.6. The molecule has 1 unspecified atom stereocenters. The molecule has 0 saturated carbocycles. The average Bonchev–Trinajstić information content (AvgIpc) is 2.28. The number of rotatable bonds is 5. The van der Waals surface area contributed by atoms with E-state index in [1.165, 1.54) is 13.2 Å². The maximum atomic E-state index is 12.1. The average molecular weight is 268 g/mol. The minimum atomic E-state index is -3.70. The number of benzene rings is 1. The Balaban J connectivity index is 3.14. The molecule has 0 saturated heterocycles. The summed E-state index contributed by atoms with van der Waals surface area (Å²) in [7, 11) is -2.20. The first-order chi connectivity index (χ1) is 8.42. The highest BCUT2D eigenvalue weighted by atomic mass is 32.2. The second-order valence-electron chi connectivity index (χ2n) is 4.04. The summed E-state index contributed by atoms with van der Waals surface area (Å²) >= 11 is 0. The molecule has 0 radical (unpaired) electrons. The van der Waals surface area contributed by atoms with Gasteiger partial charge in [-0.2, -0.15) is 5.26 Å². The fourth-order valence-electron chi connectivity index (χ4n) is 1.62. The van der Waals surface area contributed by atoms with Crippen molar-refractivity contribution in [3.8, 4) is 6.07 Å². The molecule has 0 heterocycles. The second kappa shape index (κ2) is 5.96. The molecular formula is C12H16N2O3S. The summed E-state index contributed by atoms with van der Waals surface area (Å²) in [6.07, 6.45) is 0. The van der Waals surface area contributed by atoms with Crippen LogP contribution < -0.4 is 4.72 Å². The third kappa shape index (κ3) is 3.29. The van der Waals surface area contributed by atoms with Crippen molar-refractivity contribution in [1.82, 2.24) is 4.72 Å². The predicted octanol–water partition coefficient (Wildman–Crippen LogP) is 1.18. The summed E-state index contributed by atoms with van der Waals surface area (Å²) in [5.41, 5.74) is 0.814. The largest absolute Gasteiger partial charge is 0.383 e. The van der Waals surface area contributed by atoms with Crippen LogP contribution in [0.15, 0.2) is 23.1 Å². The fourth-order valence-corrected chi connectivity index (χ4v) is 3.08. The normalized spacial score (nSPS) is 13.0. The highest BCUT2D eigenvalue weighted by molar-refractivity contribution is 7.89. The zero-order valence-electron chi connectivity index (χ0n) is 10.6. The minimum absolute atomic E-state index is 0.00736. The maximum absolute atomic E-state index is 12.1. The molecule has 6 heteroatoms. The molecule has 1 N–H and O–H groups in total. The van der Waals surface area contributed by atoms with Crippen molar-refractivity contribution in [3.05, 3.63) is 29.3 Å². The Hall–Kier alpha value is -1.42. The molecule has 0 spiro atoms. The minimum Gasteiger partial charge on any atom is -0.383 e. The third-order valence-corrected chi connectivity index (χ3v) is 4.04. The van der Waals surface area contributed by atoms with Gasteiger partial charge >= 0.3 is 0 Å². The van der Waals surface area contributed by atoms with Crippen LogP contribution in [0, 0.1) is 18.3 Å². The molecule has 1 atom stereocenters. The quantitative estimate of drug-likeness (QED) is 0.869. The number of methoxy groups -OCH3 is 1. The van der Waals surface area contributed by atoms with E-state index in [4.69, 9.17) is 10.00 Å². The van der Waals surface area contributed by atoms with E-state index in [9.17, 15) is 8.42 Å². The summed E-state index contributed by atoms with van der Waals surface area (Å²) in [4.78, 5) is 0.00736. The van der Waals surface area contributed by atoms with E-state index in [-0.39, 0.29) is 23.1 Å². The molecule has 5 nitrogen and oxygen atoms in total. The van der Waals surface area contributed by atoms with Crippen LogP contribution in [-0.4, -0.2) is 28.2 Å². The van der Waals surface area contributed by atoms with Crippen molar-refractivity contribution in [3.63, 3.8) is 0 Å². The zero-order chi connectivity index (χ0) is 13.8. The van der Waals surface area contributed by atoms with Crippen LogP contribution in [0.2, 0.25) is 0 Å². The lowest BCUT2D eigenvalue weighted by molar-refractivity contribution is 0.180. The first-order valence-corrected chi connectivity index (χ1v) is 6.91. The SMILES string of the molecule is COCC(C)NS(=O)(=O)c1cccc(C)c1C#N. The number of aryl methyl sites for hydroxylation is 1. The topological polar surface area (TPSA) is 79.2 Å². The van der Waals surface area contributed by atoms with Gasteiger partial charge in [0.2, 0.25) is 10.0 Å². The number of hydrogen-bond donors (Lipinski definition) is 1. The molecule has 0 fully saturated rings. The number of nitriles is 1. The van der Waals surface area contributed by atoms with Gasteiger partial charge in [-0.05, 0) is 25.5 Å². The highest BCUT2D eigenvalue weighted by Crippen LogP contribution is 2.18. The summed E-state index contributed by atoms with van der Waals surface area (Å²) in [5.74, 6) is 0. The van der Waals surface area contributed by atoms with E-state index in [1.807, 2.05) is 6.07 Å². The van der Waals surface area contributed by atoms with Gasteiger partial charge in [0.15, 0.2) is 0 Å². The Morgan fingerprint density at radius 2 is 2.17 bits per heavy atom. The van der Waals surface area contributed by atoms with Crippen molar-refractivity contribution in [2.24, 2.45) is 0 Å². The van der Waals surface area contributed by atoms with Crippen LogP contribution in [0.25, 0.3) is 0 Å². The summed E-state index contributed by atoms with van der Waals surface area (Å²) in [6, 6.07) is 6.32. The van der Waals surface area contributed by atoms with Gasteiger partial charge in [-0.25, -0.2) is 13.1 Å². The van der Waals surface area contributed by atoms with E-state index >= 15 is 0 Å². The second-order valence-corrected chi connectivity index (χ2v) is 5.72. The molecule has 1 rings (SSSR count). The van der Waals surface area contributed by atoms with Gasteiger partial charge in [0, 0.05) is 13.2 Å². The van der Waals surface area contributed by atoms with Crippen molar-refractivity contribution in [2.75, 3.05) is 13.7 Å². The standard InChI is InChI=1S/C12H16N2O3S/c1-9-5-4-6-12(11(9)7-13)18(15,16)14-10(2)8-17-3/h4-6,10,14H,8H2,1-3H3. The predicted molar refractivity (Wildman–Crippen MR) is 67.6 cm³/mol. The Kier molecular flexibility index (Phi) is 4.84. The van der Waals surface area contributed by atoms with E-state index in [0.717, 1.165) is 0 Å². The highest BCUT2D eigenvalue weighted by Gasteiger charge is 2.21. The number of sulfonamides is 1. The number of hydrogen-bond acceptors (Lipinski definition) is 4. The van der Waals surface area contributed by atoms with E-state index in [0.29, 0.717) is 5.56 Å². The van der Waals surface area contributed by atoms with Crippen LogP contribution in [-0.2, 0) is 14.8 Å². The molecule has 0 aliphatic rings. The lowest BCUT2D eigenvalue weighted by Gasteiger charge is -2.14. The van der Waals surface area contributed by atoms with E-state index < -0.39 is 10.0 Å². The molecule has 0 aliphatic carbocycles. The van der Waals surface area contributed by atoms with Crippen LogP contribution in [0.5, 0.6) is 0 Å². The summed E-state index contributed by atoms with van der Waals surface area (Å²) < 4.78 is 31.6. The molecule has 0 aliphatic heterocycles. The Morgan fingerprint density at radius 1 is 1.50 bits per heavy atom. The van der Waals surface area contributed by atoms with Gasteiger partial charge in [-0.15, -0.1) is 0 Å². The van der Waals surface area contributed by atoms with Gasteiger partial charge < -0.3 is 4.74 Å². The third-order valence-electron chi connectivity index (χ3n) is 2.41. The molecule has 18 heavy (non-hydrogen) atoms. The monoisotopic (exact) mass is 268 g/mol. The first-order valence-electron chi connectivity index (χ1n) is 5.43. The van der Waals surface area contributed by atoms with Gasteiger partial charge in [-0.1, -0.05) is 12.1 Å². The Labute approximate surface area is 107 Å². The smallest absolute Gasteiger partial charge is 0.242 e. The number of nitrogens with zero attached hydrogens (tertiary/aromatic N) is 1. The lowest BCUT2D eigenvalue weighted by Crippen LogP contribution is -2.36. The Bertz CT molecular complexity index is 561. The van der Waals surface area contributed by atoms with Gasteiger partial charge in [0.1, 0.15) is 11.0 Å². The van der Waals surface area contributed by atoms with E-state index in [1.54, 1.807) is 26.0 Å². The van der Waals surface area contributed by atoms with Crippen LogP contribution >= 0.6 is 0 Å². The van der Waals surface area contributed by atoms with Crippen LogP contribution in [0.1, 0.15) is 18.1 Å². The van der Waals surface area contributed by atoms with Crippen molar-refractivity contribution < 1.29 is 13.2 Å². The maximum Gasteiger partial charge on any atom is 0.242 e. The molecule has 0 aromatic heterocycles. The molecule has 0 amide bonds. The zero-order valence-corrected chi connectivity index (χ0v) is 11.4. The summed E-state index contributed by atoms with van der Waals surface area (Å²) in [6.45, 7) is 3.67. The van der Waals surface area contributed by atoms with Crippen molar-refractivity contribution >= 4 is 10.0 Å². The van der Waals surface area contributed by atoms with Gasteiger partial charge in [0.05, 0.1) is 12.2 Å². The van der Waals surface area contributed by atoms with Crippen LogP contribution in [0.3, 0.4) is 0 Å². The molecule has 98 valence electrons. The molecular weight excluding hydrogens is 252 g/mol. The summed E-state index contributed by atoms with van der Waals surface area (Å²) in [5, 5.41) is 9.03. The molecule has 1 aromatic carbocycles. The van der Waals surface area contributed by atoms with Crippen LogP contribution in [0.4, 0.5) is 0 Å².